The second kappa shape index (κ2) is 6.74. The summed E-state index contributed by atoms with van der Waals surface area (Å²) in [5.41, 5.74) is 8.58. The first-order chi connectivity index (χ1) is 10.1. The molecule has 0 saturated carbocycles. The Morgan fingerprint density at radius 1 is 1.24 bits per heavy atom. The molecule has 0 saturated heterocycles. The van der Waals surface area contributed by atoms with Crippen LogP contribution in [-0.4, -0.2) is 11.5 Å². The number of ether oxygens (including phenoxy) is 1. The van der Waals surface area contributed by atoms with E-state index in [1.54, 1.807) is 6.07 Å². The molecule has 0 atom stereocenters. The van der Waals surface area contributed by atoms with Crippen molar-refractivity contribution >= 4 is 11.4 Å². The van der Waals surface area contributed by atoms with E-state index < -0.39 is 4.92 Å². The van der Waals surface area contributed by atoms with Crippen molar-refractivity contribution < 1.29 is 9.66 Å². The molecule has 0 fully saturated rings. The summed E-state index contributed by atoms with van der Waals surface area (Å²) in [6, 6.07) is 12.4. The summed E-state index contributed by atoms with van der Waals surface area (Å²) >= 11 is 0. The number of benzene rings is 2. The molecule has 0 spiro atoms. The molecule has 0 unspecified atom stereocenters. The number of nitrogen functional groups attached to an aromatic ring is 1. The lowest BCUT2D eigenvalue weighted by molar-refractivity contribution is -0.384. The third-order valence-corrected chi connectivity index (χ3v) is 3.20. The molecular formula is C16H18N2O3. The summed E-state index contributed by atoms with van der Waals surface area (Å²) in [5.74, 6) is 0.566. The Balaban J connectivity index is 1.88. The van der Waals surface area contributed by atoms with Gasteiger partial charge in [0.15, 0.2) is 0 Å². The second-order valence-electron chi connectivity index (χ2n) is 4.90. The highest BCUT2D eigenvalue weighted by Gasteiger charge is 2.09. The highest BCUT2D eigenvalue weighted by Crippen LogP contribution is 2.24. The van der Waals surface area contributed by atoms with E-state index in [0.29, 0.717) is 12.4 Å². The van der Waals surface area contributed by atoms with Crippen LogP contribution in [0.4, 0.5) is 11.4 Å². The van der Waals surface area contributed by atoms with Gasteiger partial charge < -0.3 is 10.5 Å². The van der Waals surface area contributed by atoms with Gasteiger partial charge in [0, 0.05) is 11.8 Å². The molecule has 0 heterocycles. The fraction of sp³-hybridized carbons (Fsp3) is 0.250. The Morgan fingerprint density at radius 2 is 2.05 bits per heavy atom. The molecule has 5 nitrogen and oxygen atoms in total. The van der Waals surface area contributed by atoms with Crippen molar-refractivity contribution in [3.8, 4) is 5.75 Å². The topological polar surface area (TPSA) is 78.4 Å². The number of hydrogen-bond donors (Lipinski definition) is 1. The van der Waals surface area contributed by atoms with Crippen molar-refractivity contribution in [3.05, 3.63) is 63.7 Å². The summed E-state index contributed by atoms with van der Waals surface area (Å²) in [5, 5.41) is 10.7. The number of rotatable bonds is 6. The van der Waals surface area contributed by atoms with Crippen LogP contribution < -0.4 is 10.5 Å². The Hall–Kier alpha value is -2.56. The second-order valence-corrected chi connectivity index (χ2v) is 4.90. The number of nitro benzene ring substituents is 1. The molecule has 110 valence electrons. The molecule has 0 aromatic heterocycles. The molecule has 0 amide bonds. The highest BCUT2D eigenvalue weighted by molar-refractivity contribution is 5.43. The van der Waals surface area contributed by atoms with E-state index in [2.05, 4.69) is 0 Å². The minimum absolute atomic E-state index is 0.0476. The van der Waals surface area contributed by atoms with Crippen LogP contribution in [0.3, 0.4) is 0 Å². The van der Waals surface area contributed by atoms with Gasteiger partial charge in [-0.05, 0) is 49.1 Å². The standard InChI is InChI=1S/C16H18N2O3/c1-12-7-8-15(18(19)20)11-16(12)21-9-3-5-13-4-2-6-14(17)10-13/h2,4,6-8,10-11H,3,5,9,17H2,1H3. The zero-order chi connectivity index (χ0) is 15.2. The lowest BCUT2D eigenvalue weighted by atomic mass is 10.1. The number of anilines is 1. The number of nitro groups is 1. The molecular weight excluding hydrogens is 268 g/mol. The van der Waals surface area contributed by atoms with Gasteiger partial charge in [-0.15, -0.1) is 0 Å². The van der Waals surface area contributed by atoms with Crippen LogP contribution in [0.2, 0.25) is 0 Å². The van der Waals surface area contributed by atoms with Crippen LogP contribution >= 0.6 is 0 Å². The molecule has 0 aliphatic heterocycles. The van der Waals surface area contributed by atoms with E-state index in [1.165, 1.54) is 12.1 Å². The number of hydrogen-bond acceptors (Lipinski definition) is 4. The largest absolute Gasteiger partial charge is 0.493 e. The van der Waals surface area contributed by atoms with Gasteiger partial charge in [-0.3, -0.25) is 10.1 Å². The van der Waals surface area contributed by atoms with E-state index in [9.17, 15) is 10.1 Å². The lowest BCUT2D eigenvalue weighted by Gasteiger charge is -2.09. The summed E-state index contributed by atoms with van der Waals surface area (Å²) in [7, 11) is 0. The molecule has 0 bridgehead atoms. The maximum Gasteiger partial charge on any atom is 0.273 e. The maximum atomic E-state index is 10.7. The third-order valence-electron chi connectivity index (χ3n) is 3.20. The minimum atomic E-state index is -0.418. The third kappa shape index (κ3) is 4.21. The Bertz CT molecular complexity index is 641. The SMILES string of the molecule is Cc1ccc([N+](=O)[O-])cc1OCCCc1cccc(N)c1. The monoisotopic (exact) mass is 286 g/mol. The minimum Gasteiger partial charge on any atom is -0.493 e. The quantitative estimate of drug-likeness (QED) is 0.381. The Kier molecular flexibility index (Phi) is 4.77. The fourth-order valence-corrected chi connectivity index (χ4v) is 2.06. The highest BCUT2D eigenvalue weighted by atomic mass is 16.6. The van der Waals surface area contributed by atoms with Gasteiger partial charge in [-0.1, -0.05) is 12.1 Å². The van der Waals surface area contributed by atoms with Gasteiger partial charge >= 0.3 is 0 Å². The van der Waals surface area contributed by atoms with Crippen molar-refractivity contribution in [2.24, 2.45) is 0 Å². The predicted molar refractivity (Wildman–Crippen MR) is 82.5 cm³/mol. The molecule has 2 aromatic carbocycles. The van der Waals surface area contributed by atoms with Gasteiger partial charge in [-0.25, -0.2) is 0 Å². The van der Waals surface area contributed by atoms with Gasteiger partial charge in [0.05, 0.1) is 17.6 Å². The van der Waals surface area contributed by atoms with E-state index in [0.717, 1.165) is 29.7 Å². The van der Waals surface area contributed by atoms with Gasteiger partial charge in [0.25, 0.3) is 5.69 Å². The summed E-state index contributed by atoms with van der Waals surface area (Å²) in [6.07, 6.45) is 1.69. The van der Waals surface area contributed by atoms with Crippen molar-refractivity contribution in [1.82, 2.24) is 0 Å². The number of aryl methyl sites for hydroxylation is 2. The van der Waals surface area contributed by atoms with Crippen molar-refractivity contribution in [2.75, 3.05) is 12.3 Å². The first kappa shape index (κ1) is 14.8. The number of nitrogens with zero attached hydrogens (tertiary/aromatic N) is 1. The van der Waals surface area contributed by atoms with Gasteiger partial charge in [-0.2, -0.15) is 0 Å². The summed E-state index contributed by atoms with van der Waals surface area (Å²) < 4.78 is 5.64. The fourth-order valence-electron chi connectivity index (χ4n) is 2.06. The zero-order valence-corrected chi connectivity index (χ0v) is 11.9. The zero-order valence-electron chi connectivity index (χ0n) is 11.9. The van der Waals surface area contributed by atoms with Crippen LogP contribution in [0, 0.1) is 17.0 Å². The summed E-state index contributed by atoms with van der Waals surface area (Å²) in [4.78, 5) is 10.3. The number of nitrogens with two attached hydrogens (primary N) is 1. The maximum absolute atomic E-state index is 10.7. The van der Waals surface area contributed by atoms with Crippen LogP contribution in [0.25, 0.3) is 0 Å². The molecule has 0 aliphatic carbocycles. The molecule has 0 radical (unpaired) electrons. The van der Waals surface area contributed by atoms with Crippen molar-refractivity contribution in [2.45, 2.75) is 19.8 Å². The summed E-state index contributed by atoms with van der Waals surface area (Å²) in [6.45, 7) is 2.38. The molecule has 21 heavy (non-hydrogen) atoms. The molecule has 2 N–H and O–H groups in total. The lowest BCUT2D eigenvalue weighted by Crippen LogP contribution is -2.01. The van der Waals surface area contributed by atoms with E-state index in [4.69, 9.17) is 10.5 Å². The Morgan fingerprint density at radius 3 is 2.76 bits per heavy atom. The average Bonchev–Trinajstić information content (AvgIpc) is 2.45. The smallest absolute Gasteiger partial charge is 0.273 e. The molecule has 0 aliphatic rings. The van der Waals surface area contributed by atoms with Gasteiger partial charge in [0.1, 0.15) is 5.75 Å². The molecule has 2 aromatic rings. The van der Waals surface area contributed by atoms with E-state index in [-0.39, 0.29) is 5.69 Å². The van der Waals surface area contributed by atoms with E-state index in [1.807, 2.05) is 31.2 Å². The Labute approximate surface area is 123 Å². The van der Waals surface area contributed by atoms with Crippen LogP contribution in [-0.2, 0) is 6.42 Å². The van der Waals surface area contributed by atoms with Crippen LogP contribution in [0.1, 0.15) is 17.5 Å². The average molecular weight is 286 g/mol. The normalized spacial score (nSPS) is 10.3. The predicted octanol–water partition coefficient (Wildman–Crippen LogP) is 3.50. The first-order valence-corrected chi connectivity index (χ1v) is 6.78. The first-order valence-electron chi connectivity index (χ1n) is 6.78. The van der Waals surface area contributed by atoms with E-state index >= 15 is 0 Å². The molecule has 2 rings (SSSR count). The van der Waals surface area contributed by atoms with Crippen LogP contribution in [0.5, 0.6) is 5.75 Å². The van der Waals surface area contributed by atoms with Crippen molar-refractivity contribution in [1.29, 1.82) is 0 Å². The van der Waals surface area contributed by atoms with Crippen LogP contribution in [0.15, 0.2) is 42.5 Å². The van der Waals surface area contributed by atoms with Crippen molar-refractivity contribution in [3.63, 3.8) is 0 Å². The van der Waals surface area contributed by atoms with Gasteiger partial charge in [0.2, 0.25) is 0 Å². The molecule has 5 heteroatoms. The number of non-ortho nitro benzene ring substituents is 1.